The molecular weight excluding hydrogens is 202 g/mol. The molecule has 0 aliphatic rings. The van der Waals surface area contributed by atoms with Gasteiger partial charge in [-0.3, -0.25) is 0 Å². The van der Waals surface area contributed by atoms with E-state index in [-0.39, 0.29) is 5.75 Å². The average Bonchev–Trinajstić information content (AvgIpc) is 2.13. The Kier molecular flexibility index (Phi) is 3.37. The number of aliphatic hydroxyl groups excluding tert-OH is 1. The van der Waals surface area contributed by atoms with Gasteiger partial charge in [0.05, 0.1) is 12.1 Å². The third-order valence-electron chi connectivity index (χ3n) is 2.27. The Morgan fingerprint density at radius 2 is 2.00 bits per heavy atom. The van der Waals surface area contributed by atoms with Crippen molar-refractivity contribution in [1.82, 2.24) is 0 Å². The monoisotopic (exact) mass is 215 g/mol. The van der Waals surface area contributed by atoms with E-state index in [1.807, 2.05) is 0 Å². The molecule has 0 aliphatic heterocycles. The molecule has 0 bridgehead atoms. The van der Waals surface area contributed by atoms with Crippen molar-refractivity contribution < 1.29 is 10.2 Å². The molecule has 4 heteroatoms. The second-order valence-electron chi connectivity index (χ2n) is 3.38. The minimum absolute atomic E-state index is 0.0610. The summed E-state index contributed by atoms with van der Waals surface area (Å²) < 4.78 is 0. The van der Waals surface area contributed by atoms with Crippen molar-refractivity contribution in [2.45, 2.75) is 26.0 Å². The van der Waals surface area contributed by atoms with Crippen molar-refractivity contribution in [1.29, 1.82) is 0 Å². The van der Waals surface area contributed by atoms with Crippen molar-refractivity contribution in [3.63, 3.8) is 0 Å². The van der Waals surface area contributed by atoms with E-state index in [0.717, 1.165) is 0 Å². The maximum atomic E-state index is 9.72. The predicted molar refractivity (Wildman–Crippen MR) is 56.5 cm³/mol. The smallest absolute Gasteiger partial charge is 0.124 e. The number of hydrogen-bond donors (Lipinski definition) is 3. The third-order valence-corrected chi connectivity index (χ3v) is 2.68. The van der Waals surface area contributed by atoms with Crippen LogP contribution < -0.4 is 5.73 Å². The van der Waals surface area contributed by atoms with Crippen LogP contribution >= 0.6 is 11.6 Å². The van der Waals surface area contributed by atoms with Gasteiger partial charge in [0.15, 0.2) is 0 Å². The first-order valence-electron chi connectivity index (χ1n) is 4.36. The van der Waals surface area contributed by atoms with E-state index in [4.69, 9.17) is 17.3 Å². The van der Waals surface area contributed by atoms with Crippen LogP contribution in [0.3, 0.4) is 0 Å². The minimum atomic E-state index is -0.707. The van der Waals surface area contributed by atoms with Crippen molar-refractivity contribution in [2.24, 2.45) is 5.73 Å². The van der Waals surface area contributed by atoms with Crippen molar-refractivity contribution in [2.75, 3.05) is 0 Å². The number of benzene rings is 1. The van der Waals surface area contributed by atoms with Crippen LogP contribution in [0.15, 0.2) is 12.1 Å². The fourth-order valence-electron chi connectivity index (χ4n) is 1.23. The number of phenols is 1. The molecule has 0 aromatic heterocycles. The molecule has 0 aliphatic carbocycles. The molecule has 0 amide bonds. The second-order valence-corrected chi connectivity index (χ2v) is 3.78. The fourth-order valence-corrected chi connectivity index (χ4v) is 1.38. The number of hydrogen-bond acceptors (Lipinski definition) is 3. The van der Waals surface area contributed by atoms with Crippen molar-refractivity contribution in [3.05, 3.63) is 28.3 Å². The Balaban J connectivity index is 3.17. The zero-order valence-corrected chi connectivity index (χ0v) is 8.92. The number of rotatable bonds is 2. The molecule has 3 nitrogen and oxygen atoms in total. The number of halogens is 1. The topological polar surface area (TPSA) is 66.5 Å². The van der Waals surface area contributed by atoms with E-state index >= 15 is 0 Å². The summed E-state index contributed by atoms with van der Waals surface area (Å²) in [5.41, 5.74) is 6.80. The maximum absolute atomic E-state index is 9.72. The van der Waals surface area contributed by atoms with Gasteiger partial charge in [-0.05, 0) is 19.9 Å². The maximum Gasteiger partial charge on any atom is 0.124 e. The highest BCUT2D eigenvalue weighted by Gasteiger charge is 2.17. The Morgan fingerprint density at radius 1 is 1.43 bits per heavy atom. The van der Waals surface area contributed by atoms with Crippen molar-refractivity contribution in [3.8, 4) is 5.75 Å². The lowest BCUT2D eigenvalue weighted by atomic mass is 10.00. The summed E-state index contributed by atoms with van der Waals surface area (Å²) in [5.74, 6) is 0.0610. The lowest BCUT2D eigenvalue weighted by molar-refractivity contribution is 0.163. The molecular formula is C10H14ClNO2. The highest BCUT2D eigenvalue weighted by atomic mass is 35.5. The Hall–Kier alpha value is -0.770. The lowest BCUT2D eigenvalue weighted by Crippen LogP contribution is -2.23. The van der Waals surface area contributed by atoms with Crippen molar-refractivity contribution >= 4 is 11.6 Å². The van der Waals surface area contributed by atoms with Gasteiger partial charge in [0.1, 0.15) is 5.75 Å². The second kappa shape index (κ2) is 4.17. The van der Waals surface area contributed by atoms with Gasteiger partial charge in [0.25, 0.3) is 0 Å². The molecule has 0 radical (unpaired) electrons. The van der Waals surface area contributed by atoms with Crippen LogP contribution in [-0.4, -0.2) is 16.3 Å². The van der Waals surface area contributed by atoms with Crippen LogP contribution in [0.4, 0.5) is 0 Å². The third kappa shape index (κ3) is 2.00. The number of nitrogens with two attached hydrogens (primary N) is 1. The minimum Gasteiger partial charge on any atom is -0.507 e. The first kappa shape index (κ1) is 11.3. The Morgan fingerprint density at radius 3 is 2.50 bits per heavy atom. The SMILES string of the molecule is Cc1c(Cl)ccc([C@@H](N)[C@@H](C)O)c1O. The van der Waals surface area contributed by atoms with Gasteiger partial charge in [-0.25, -0.2) is 0 Å². The van der Waals surface area contributed by atoms with Crippen LogP contribution in [-0.2, 0) is 0 Å². The summed E-state index contributed by atoms with van der Waals surface area (Å²) in [7, 11) is 0. The van der Waals surface area contributed by atoms with E-state index in [1.165, 1.54) is 0 Å². The van der Waals surface area contributed by atoms with Crippen LogP contribution in [0, 0.1) is 6.92 Å². The quantitative estimate of drug-likeness (QED) is 0.704. The molecule has 0 saturated heterocycles. The molecule has 4 N–H and O–H groups in total. The molecule has 1 aromatic carbocycles. The van der Waals surface area contributed by atoms with Gasteiger partial charge in [-0.1, -0.05) is 17.7 Å². The van der Waals surface area contributed by atoms with E-state index in [9.17, 15) is 10.2 Å². The number of phenolic OH excluding ortho intramolecular Hbond substituents is 1. The number of aromatic hydroxyl groups is 1. The molecule has 0 fully saturated rings. The summed E-state index contributed by atoms with van der Waals surface area (Å²) in [6.45, 7) is 3.28. The standard InChI is InChI=1S/C10H14ClNO2/c1-5-8(11)4-3-7(10(5)14)9(12)6(2)13/h3-4,6,9,13-14H,12H2,1-2H3/t6-,9+/m1/s1. The predicted octanol–water partition coefficient (Wildman–Crippen LogP) is 1.73. The molecule has 0 heterocycles. The molecule has 1 aromatic rings. The van der Waals surface area contributed by atoms with Crippen LogP contribution in [0.5, 0.6) is 5.75 Å². The van der Waals surface area contributed by atoms with Gasteiger partial charge in [0.2, 0.25) is 0 Å². The van der Waals surface area contributed by atoms with Gasteiger partial charge in [-0.2, -0.15) is 0 Å². The normalized spacial score (nSPS) is 15.2. The average molecular weight is 216 g/mol. The van der Waals surface area contributed by atoms with E-state index in [1.54, 1.807) is 26.0 Å². The van der Waals surface area contributed by atoms with Gasteiger partial charge in [-0.15, -0.1) is 0 Å². The van der Waals surface area contributed by atoms with Crippen LogP contribution in [0.2, 0.25) is 5.02 Å². The summed E-state index contributed by atoms with van der Waals surface area (Å²) in [4.78, 5) is 0. The van der Waals surface area contributed by atoms with Gasteiger partial charge in [0, 0.05) is 16.1 Å². The zero-order chi connectivity index (χ0) is 10.9. The molecule has 1 rings (SSSR count). The first-order valence-corrected chi connectivity index (χ1v) is 4.74. The van der Waals surface area contributed by atoms with E-state index < -0.39 is 12.1 Å². The van der Waals surface area contributed by atoms with Crippen LogP contribution in [0.1, 0.15) is 24.1 Å². The number of aliphatic hydroxyl groups is 1. The zero-order valence-electron chi connectivity index (χ0n) is 8.16. The highest BCUT2D eigenvalue weighted by Crippen LogP contribution is 2.32. The highest BCUT2D eigenvalue weighted by molar-refractivity contribution is 6.31. The largest absolute Gasteiger partial charge is 0.507 e. The summed E-state index contributed by atoms with van der Waals surface area (Å²) in [6.07, 6.45) is -0.707. The van der Waals surface area contributed by atoms with Gasteiger partial charge < -0.3 is 15.9 Å². The van der Waals surface area contributed by atoms with E-state index in [2.05, 4.69) is 0 Å². The van der Waals surface area contributed by atoms with E-state index in [0.29, 0.717) is 16.1 Å². The molecule has 2 atom stereocenters. The molecule has 0 unspecified atom stereocenters. The lowest BCUT2D eigenvalue weighted by Gasteiger charge is -2.17. The summed E-state index contributed by atoms with van der Waals surface area (Å²) in [5, 5.41) is 19.5. The summed E-state index contributed by atoms with van der Waals surface area (Å²) in [6, 6.07) is 2.70. The van der Waals surface area contributed by atoms with Gasteiger partial charge >= 0.3 is 0 Å². The molecule has 14 heavy (non-hydrogen) atoms. The summed E-state index contributed by atoms with van der Waals surface area (Å²) >= 11 is 5.81. The molecule has 0 saturated carbocycles. The van der Waals surface area contributed by atoms with Crippen LogP contribution in [0.25, 0.3) is 0 Å². The first-order chi connectivity index (χ1) is 6.45. The fraction of sp³-hybridized carbons (Fsp3) is 0.400. The Bertz CT molecular complexity index is 339. The molecule has 78 valence electrons. The molecule has 0 spiro atoms. The Labute approximate surface area is 88.1 Å².